The second-order valence-corrected chi connectivity index (χ2v) is 6.39. The quantitative estimate of drug-likeness (QED) is 0.887. The number of aromatic nitrogens is 2. The number of fused-ring (bicyclic) bond motifs is 1. The summed E-state index contributed by atoms with van der Waals surface area (Å²) in [5, 5.41) is 8.93. The maximum Gasteiger partial charge on any atom is 0.338 e. The number of hydrogen-bond acceptors (Lipinski definition) is 7. The molecule has 2 aromatic rings. The first-order chi connectivity index (χ1) is 12.6. The first-order valence-electron chi connectivity index (χ1n) is 8.56. The van der Waals surface area contributed by atoms with E-state index in [2.05, 4.69) is 32.8 Å². The van der Waals surface area contributed by atoms with Crippen LogP contribution in [-0.2, 0) is 0 Å². The molecular formula is C18H20N4O4. The van der Waals surface area contributed by atoms with Crippen molar-refractivity contribution in [1.82, 2.24) is 14.9 Å². The molecular weight excluding hydrogens is 336 g/mol. The van der Waals surface area contributed by atoms with E-state index in [1.165, 1.54) is 18.0 Å². The molecule has 0 saturated carbocycles. The zero-order valence-corrected chi connectivity index (χ0v) is 14.5. The Morgan fingerprint density at radius 1 is 1.12 bits per heavy atom. The maximum absolute atomic E-state index is 10.9. The lowest BCUT2D eigenvalue weighted by atomic mass is 10.1. The Hall–Kier alpha value is -2.87. The number of piperazine rings is 1. The first-order valence-corrected chi connectivity index (χ1v) is 8.56. The molecule has 0 bridgehead atoms. The first kappa shape index (κ1) is 16.6. The largest absolute Gasteiger partial charge is 0.478 e. The van der Waals surface area contributed by atoms with Gasteiger partial charge in [-0.25, -0.2) is 14.8 Å². The fourth-order valence-corrected chi connectivity index (χ4v) is 3.29. The van der Waals surface area contributed by atoms with Crippen LogP contribution in [-0.4, -0.2) is 58.9 Å². The molecule has 4 rings (SSSR count). The minimum Gasteiger partial charge on any atom is -0.478 e. The SMILES string of the molecule is C[C@@H](c1ccc2c(c1)OCO2)N1CCN(c2ncc(C(=O)O)cn2)CC1. The number of carbonyl (C=O) groups is 1. The van der Waals surface area contributed by atoms with Crippen LogP contribution in [0.4, 0.5) is 5.95 Å². The second kappa shape index (κ2) is 6.80. The predicted molar refractivity (Wildman–Crippen MR) is 93.8 cm³/mol. The highest BCUT2D eigenvalue weighted by molar-refractivity contribution is 5.86. The van der Waals surface area contributed by atoms with E-state index in [4.69, 9.17) is 14.6 Å². The van der Waals surface area contributed by atoms with Crippen LogP contribution < -0.4 is 14.4 Å². The molecule has 1 aromatic heterocycles. The van der Waals surface area contributed by atoms with Gasteiger partial charge in [0, 0.05) is 44.6 Å². The molecule has 1 aromatic carbocycles. The zero-order chi connectivity index (χ0) is 18.1. The normalized spacial score (nSPS) is 18.0. The highest BCUT2D eigenvalue weighted by Gasteiger charge is 2.25. The van der Waals surface area contributed by atoms with Gasteiger partial charge in [0.15, 0.2) is 11.5 Å². The van der Waals surface area contributed by atoms with Crippen LogP contribution in [0.2, 0.25) is 0 Å². The summed E-state index contributed by atoms with van der Waals surface area (Å²) in [4.78, 5) is 23.7. The van der Waals surface area contributed by atoms with E-state index in [9.17, 15) is 4.79 Å². The summed E-state index contributed by atoms with van der Waals surface area (Å²) in [6.45, 7) is 5.81. The van der Waals surface area contributed by atoms with E-state index in [0.29, 0.717) is 5.95 Å². The molecule has 1 atom stereocenters. The molecule has 0 aliphatic carbocycles. The smallest absolute Gasteiger partial charge is 0.338 e. The van der Waals surface area contributed by atoms with Crippen LogP contribution in [0, 0.1) is 0 Å². The summed E-state index contributed by atoms with van der Waals surface area (Å²) in [6, 6.07) is 6.36. The Labute approximate surface area is 151 Å². The molecule has 0 spiro atoms. The summed E-state index contributed by atoms with van der Waals surface area (Å²) in [5.74, 6) is 1.16. The Morgan fingerprint density at radius 2 is 1.81 bits per heavy atom. The standard InChI is InChI=1S/C18H20N4O4/c1-12(13-2-3-15-16(8-13)26-11-25-15)21-4-6-22(7-5-21)18-19-9-14(10-20-18)17(23)24/h2-3,8-10,12H,4-7,11H2,1H3,(H,23,24)/t12-/m0/s1. The summed E-state index contributed by atoms with van der Waals surface area (Å²) >= 11 is 0. The minimum atomic E-state index is -1.01. The molecule has 2 aliphatic heterocycles. The monoisotopic (exact) mass is 356 g/mol. The molecule has 136 valence electrons. The van der Waals surface area contributed by atoms with Crippen LogP contribution in [0.1, 0.15) is 28.9 Å². The number of hydrogen-bond donors (Lipinski definition) is 1. The van der Waals surface area contributed by atoms with Gasteiger partial charge in [-0.2, -0.15) is 0 Å². The molecule has 0 unspecified atom stereocenters. The third-order valence-electron chi connectivity index (χ3n) is 4.91. The van der Waals surface area contributed by atoms with Gasteiger partial charge >= 0.3 is 5.97 Å². The molecule has 1 fully saturated rings. The third-order valence-corrected chi connectivity index (χ3v) is 4.91. The highest BCUT2D eigenvalue weighted by atomic mass is 16.7. The van der Waals surface area contributed by atoms with Gasteiger partial charge in [0.2, 0.25) is 12.7 Å². The summed E-state index contributed by atoms with van der Waals surface area (Å²) < 4.78 is 10.8. The van der Waals surface area contributed by atoms with Crippen molar-refractivity contribution >= 4 is 11.9 Å². The zero-order valence-electron chi connectivity index (χ0n) is 14.5. The topological polar surface area (TPSA) is 88.0 Å². The van der Waals surface area contributed by atoms with Crippen molar-refractivity contribution in [2.75, 3.05) is 37.9 Å². The fourth-order valence-electron chi connectivity index (χ4n) is 3.29. The molecule has 26 heavy (non-hydrogen) atoms. The average molecular weight is 356 g/mol. The van der Waals surface area contributed by atoms with Gasteiger partial charge in [0.1, 0.15) is 0 Å². The van der Waals surface area contributed by atoms with Crippen molar-refractivity contribution in [2.45, 2.75) is 13.0 Å². The van der Waals surface area contributed by atoms with Crippen LogP contribution >= 0.6 is 0 Å². The van der Waals surface area contributed by atoms with E-state index in [1.807, 2.05) is 12.1 Å². The van der Waals surface area contributed by atoms with Gasteiger partial charge in [-0.1, -0.05) is 6.07 Å². The molecule has 0 amide bonds. The van der Waals surface area contributed by atoms with Gasteiger partial charge in [-0.3, -0.25) is 4.90 Å². The number of nitrogens with zero attached hydrogens (tertiary/aromatic N) is 4. The fraction of sp³-hybridized carbons (Fsp3) is 0.389. The van der Waals surface area contributed by atoms with Crippen molar-refractivity contribution in [3.8, 4) is 11.5 Å². The third kappa shape index (κ3) is 3.15. The van der Waals surface area contributed by atoms with E-state index < -0.39 is 5.97 Å². The average Bonchev–Trinajstić information content (AvgIpc) is 3.15. The number of carboxylic acids is 1. The number of carboxylic acid groups (broad SMARTS) is 1. The van der Waals surface area contributed by atoms with E-state index in [0.717, 1.165) is 37.7 Å². The van der Waals surface area contributed by atoms with Gasteiger partial charge < -0.3 is 19.5 Å². The number of rotatable bonds is 4. The summed E-state index contributed by atoms with van der Waals surface area (Å²) in [7, 11) is 0. The Kier molecular flexibility index (Phi) is 4.34. The molecule has 8 heteroatoms. The van der Waals surface area contributed by atoms with Crippen molar-refractivity contribution in [2.24, 2.45) is 0 Å². The molecule has 8 nitrogen and oxygen atoms in total. The summed E-state index contributed by atoms with van der Waals surface area (Å²) in [5.41, 5.74) is 1.30. The Bertz CT molecular complexity index is 803. The predicted octanol–water partition coefficient (Wildman–Crippen LogP) is 1.79. The molecule has 1 saturated heterocycles. The van der Waals surface area contributed by atoms with Crippen LogP contribution in [0.5, 0.6) is 11.5 Å². The number of ether oxygens (including phenoxy) is 2. The number of benzene rings is 1. The van der Waals surface area contributed by atoms with Crippen molar-refractivity contribution in [3.05, 3.63) is 41.7 Å². The van der Waals surface area contributed by atoms with E-state index in [1.54, 1.807) is 0 Å². The lowest BCUT2D eigenvalue weighted by Crippen LogP contribution is -2.47. The minimum absolute atomic E-state index is 0.101. The van der Waals surface area contributed by atoms with Crippen molar-refractivity contribution < 1.29 is 19.4 Å². The van der Waals surface area contributed by atoms with Gasteiger partial charge in [-0.15, -0.1) is 0 Å². The highest BCUT2D eigenvalue weighted by Crippen LogP contribution is 2.35. The molecule has 0 radical (unpaired) electrons. The molecule has 1 N–H and O–H groups in total. The van der Waals surface area contributed by atoms with E-state index in [-0.39, 0.29) is 18.4 Å². The van der Waals surface area contributed by atoms with Crippen LogP contribution in [0.15, 0.2) is 30.6 Å². The second-order valence-electron chi connectivity index (χ2n) is 6.39. The maximum atomic E-state index is 10.9. The van der Waals surface area contributed by atoms with Gasteiger partial charge in [-0.05, 0) is 24.6 Å². The Balaban J connectivity index is 1.39. The van der Waals surface area contributed by atoms with Crippen molar-refractivity contribution in [3.63, 3.8) is 0 Å². The molecule has 3 heterocycles. The van der Waals surface area contributed by atoms with E-state index >= 15 is 0 Å². The summed E-state index contributed by atoms with van der Waals surface area (Å²) in [6.07, 6.45) is 2.71. The Morgan fingerprint density at radius 3 is 2.50 bits per heavy atom. The molecule has 2 aliphatic rings. The lowest BCUT2D eigenvalue weighted by Gasteiger charge is -2.38. The van der Waals surface area contributed by atoms with Gasteiger partial charge in [0.05, 0.1) is 5.56 Å². The van der Waals surface area contributed by atoms with Gasteiger partial charge in [0.25, 0.3) is 0 Å². The lowest BCUT2D eigenvalue weighted by molar-refractivity contribution is 0.0696. The van der Waals surface area contributed by atoms with Crippen molar-refractivity contribution in [1.29, 1.82) is 0 Å². The van der Waals surface area contributed by atoms with Crippen LogP contribution in [0.3, 0.4) is 0 Å². The number of anilines is 1. The van der Waals surface area contributed by atoms with Crippen LogP contribution in [0.25, 0.3) is 0 Å². The number of aromatic carboxylic acids is 1.